The Bertz CT molecular complexity index is 421. The molecule has 1 fully saturated rings. The Kier molecular flexibility index (Phi) is 5.15. The van der Waals surface area contributed by atoms with Gasteiger partial charge < -0.3 is 15.1 Å². The number of aliphatic hydroxyl groups is 2. The summed E-state index contributed by atoms with van der Waals surface area (Å²) in [6.45, 7) is 0.426. The predicted molar refractivity (Wildman–Crippen MR) is 77.3 cm³/mol. The number of rotatable bonds is 6. The van der Waals surface area contributed by atoms with Crippen LogP contribution < -0.4 is 0 Å². The van der Waals surface area contributed by atoms with E-state index in [1.807, 2.05) is 30.3 Å². The van der Waals surface area contributed by atoms with E-state index in [0.717, 1.165) is 31.2 Å². The van der Waals surface area contributed by atoms with Crippen LogP contribution in [-0.4, -0.2) is 47.3 Å². The highest BCUT2D eigenvalue weighted by atomic mass is 16.3. The van der Waals surface area contributed by atoms with Crippen LogP contribution in [0.4, 0.5) is 0 Å². The van der Waals surface area contributed by atoms with Gasteiger partial charge in [-0.1, -0.05) is 43.2 Å². The van der Waals surface area contributed by atoms with E-state index in [2.05, 4.69) is 0 Å². The molecule has 2 rings (SSSR count). The molecule has 1 saturated carbocycles. The number of nitrogens with zero attached hydrogens (tertiary/aromatic N) is 1. The van der Waals surface area contributed by atoms with Crippen molar-refractivity contribution >= 4 is 5.91 Å². The summed E-state index contributed by atoms with van der Waals surface area (Å²) < 4.78 is 0. The molecule has 0 saturated heterocycles. The van der Waals surface area contributed by atoms with Crippen molar-refractivity contribution in [3.63, 3.8) is 0 Å². The molecule has 4 nitrogen and oxygen atoms in total. The van der Waals surface area contributed by atoms with Crippen molar-refractivity contribution in [3.05, 3.63) is 35.9 Å². The molecule has 0 aliphatic heterocycles. The lowest BCUT2D eigenvalue weighted by Gasteiger charge is -2.34. The minimum atomic E-state index is -0.467. The van der Waals surface area contributed by atoms with Gasteiger partial charge in [0.1, 0.15) is 0 Å². The molecule has 0 bridgehead atoms. The van der Waals surface area contributed by atoms with Crippen molar-refractivity contribution in [1.82, 2.24) is 4.90 Å². The Labute approximate surface area is 120 Å². The van der Waals surface area contributed by atoms with Gasteiger partial charge in [0.2, 0.25) is 5.91 Å². The van der Waals surface area contributed by atoms with Gasteiger partial charge in [-0.3, -0.25) is 4.79 Å². The second-order valence-corrected chi connectivity index (χ2v) is 5.39. The molecule has 4 heteroatoms. The standard InChI is InChI=1S/C16H23NO3/c18-12-10-17(11-13-19)15(20)16(8-4-5-9-16)14-6-2-1-3-7-14/h1-3,6-7,18-19H,4-5,8-13H2. The summed E-state index contributed by atoms with van der Waals surface area (Å²) in [5.74, 6) is 0.0456. The fourth-order valence-electron chi connectivity index (χ4n) is 3.22. The number of hydrogen-bond donors (Lipinski definition) is 2. The first-order valence-electron chi connectivity index (χ1n) is 7.31. The molecular weight excluding hydrogens is 254 g/mol. The van der Waals surface area contributed by atoms with E-state index in [1.165, 1.54) is 0 Å². The molecule has 1 aromatic rings. The highest BCUT2D eigenvalue weighted by molar-refractivity contribution is 5.88. The SMILES string of the molecule is O=C(N(CCO)CCO)C1(c2ccccc2)CCCC1. The summed E-state index contributed by atoms with van der Waals surface area (Å²) in [7, 11) is 0. The van der Waals surface area contributed by atoms with Gasteiger partial charge in [0, 0.05) is 13.1 Å². The maximum atomic E-state index is 13.0. The Morgan fingerprint density at radius 2 is 1.60 bits per heavy atom. The second-order valence-electron chi connectivity index (χ2n) is 5.39. The first-order chi connectivity index (χ1) is 9.74. The molecule has 0 spiro atoms. The lowest BCUT2D eigenvalue weighted by molar-refractivity contribution is -0.138. The molecule has 1 amide bonds. The van der Waals surface area contributed by atoms with E-state index in [1.54, 1.807) is 4.90 Å². The molecule has 0 aromatic heterocycles. The number of amides is 1. The molecule has 1 aliphatic carbocycles. The van der Waals surface area contributed by atoms with Crippen LogP contribution in [0.5, 0.6) is 0 Å². The van der Waals surface area contributed by atoms with Crippen LogP contribution in [0.2, 0.25) is 0 Å². The number of hydrogen-bond acceptors (Lipinski definition) is 3. The van der Waals surface area contributed by atoms with E-state index in [4.69, 9.17) is 10.2 Å². The zero-order chi connectivity index (χ0) is 14.4. The van der Waals surface area contributed by atoms with Crippen molar-refractivity contribution in [2.45, 2.75) is 31.1 Å². The summed E-state index contributed by atoms with van der Waals surface area (Å²) in [5, 5.41) is 18.3. The van der Waals surface area contributed by atoms with Crippen LogP contribution in [0.3, 0.4) is 0 Å². The van der Waals surface area contributed by atoms with Gasteiger partial charge in [0.25, 0.3) is 0 Å². The summed E-state index contributed by atoms with van der Waals surface area (Å²) in [6.07, 6.45) is 3.80. The van der Waals surface area contributed by atoms with Crippen molar-refractivity contribution in [3.8, 4) is 0 Å². The van der Waals surface area contributed by atoms with Crippen molar-refractivity contribution in [2.75, 3.05) is 26.3 Å². The average molecular weight is 277 g/mol. The van der Waals surface area contributed by atoms with Crippen LogP contribution in [-0.2, 0) is 10.2 Å². The molecular formula is C16H23NO3. The van der Waals surface area contributed by atoms with Crippen LogP contribution in [0.25, 0.3) is 0 Å². The van der Waals surface area contributed by atoms with E-state index >= 15 is 0 Å². The van der Waals surface area contributed by atoms with Crippen molar-refractivity contribution in [2.24, 2.45) is 0 Å². The number of carbonyl (C=O) groups is 1. The lowest BCUT2D eigenvalue weighted by Crippen LogP contribution is -2.47. The monoisotopic (exact) mass is 277 g/mol. The normalized spacial score (nSPS) is 17.1. The van der Waals surface area contributed by atoms with Gasteiger partial charge in [0.05, 0.1) is 18.6 Å². The topological polar surface area (TPSA) is 60.8 Å². The zero-order valence-electron chi connectivity index (χ0n) is 11.8. The largest absolute Gasteiger partial charge is 0.395 e. The Morgan fingerprint density at radius 3 is 2.10 bits per heavy atom. The molecule has 20 heavy (non-hydrogen) atoms. The van der Waals surface area contributed by atoms with E-state index in [9.17, 15) is 4.79 Å². The van der Waals surface area contributed by atoms with E-state index < -0.39 is 5.41 Å². The van der Waals surface area contributed by atoms with Crippen LogP contribution in [0, 0.1) is 0 Å². The van der Waals surface area contributed by atoms with Gasteiger partial charge in [-0.15, -0.1) is 0 Å². The van der Waals surface area contributed by atoms with Crippen LogP contribution >= 0.6 is 0 Å². The summed E-state index contributed by atoms with van der Waals surface area (Å²) in [6, 6.07) is 9.91. The van der Waals surface area contributed by atoms with Crippen LogP contribution in [0.1, 0.15) is 31.2 Å². The summed E-state index contributed by atoms with van der Waals surface area (Å²) >= 11 is 0. The van der Waals surface area contributed by atoms with Crippen molar-refractivity contribution < 1.29 is 15.0 Å². The van der Waals surface area contributed by atoms with Gasteiger partial charge in [-0.25, -0.2) is 0 Å². The second kappa shape index (κ2) is 6.86. The minimum Gasteiger partial charge on any atom is -0.395 e. The van der Waals surface area contributed by atoms with Gasteiger partial charge >= 0.3 is 0 Å². The van der Waals surface area contributed by atoms with Crippen LogP contribution in [0.15, 0.2) is 30.3 Å². The molecule has 1 aromatic carbocycles. The molecule has 0 heterocycles. The number of aliphatic hydroxyl groups excluding tert-OH is 2. The molecule has 0 unspecified atom stereocenters. The Balaban J connectivity index is 2.30. The fourth-order valence-corrected chi connectivity index (χ4v) is 3.22. The third kappa shape index (κ3) is 2.86. The fraction of sp³-hybridized carbons (Fsp3) is 0.562. The molecule has 0 radical (unpaired) electrons. The third-order valence-corrected chi connectivity index (χ3v) is 4.22. The van der Waals surface area contributed by atoms with Gasteiger partial charge in [0.15, 0.2) is 0 Å². The Morgan fingerprint density at radius 1 is 1.05 bits per heavy atom. The lowest BCUT2D eigenvalue weighted by atomic mass is 9.77. The average Bonchev–Trinajstić information content (AvgIpc) is 2.98. The molecule has 0 atom stereocenters. The van der Waals surface area contributed by atoms with Gasteiger partial charge in [-0.2, -0.15) is 0 Å². The maximum absolute atomic E-state index is 13.0. The van der Waals surface area contributed by atoms with E-state index in [-0.39, 0.29) is 32.2 Å². The smallest absolute Gasteiger partial charge is 0.233 e. The highest BCUT2D eigenvalue weighted by Crippen LogP contribution is 2.42. The molecule has 1 aliphatic rings. The predicted octanol–water partition coefficient (Wildman–Crippen LogP) is 1.31. The summed E-state index contributed by atoms with van der Waals surface area (Å²) in [4.78, 5) is 14.5. The first kappa shape index (κ1) is 15.0. The number of benzene rings is 1. The van der Waals surface area contributed by atoms with Gasteiger partial charge in [-0.05, 0) is 18.4 Å². The third-order valence-electron chi connectivity index (χ3n) is 4.22. The highest BCUT2D eigenvalue weighted by Gasteiger charge is 2.44. The van der Waals surface area contributed by atoms with Crippen molar-refractivity contribution in [1.29, 1.82) is 0 Å². The first-order valence-corrected chi connectivity index (χ1v) is 7.31. The molecule has 2 N–H and O–H groups in total. The minimum absolute atomic E-state index is 0.0456. The molecule has 110 valence electrons. The zero-order valence-corrected chi connectivity index (χ0v) is 11.8. The quantitative estimate of drug-likeness (QED) is 0.824. The Hall–Kier alpha value is -1.39. The number of carbonyl (C=O) groups excluding carboxylic acids is 1. The van der Waals surface area contributed by atoms with E-state index in [0.29, 0.717) is 0 Å². The maximum Gasteiger partial charge on any atom is 0.233 e. The summed E-state index contributed by atoms with van der Waals surface area (Å²) in [5.41, 5.74) is 0.592.